The number of hydrogen-bond acceptors (Lipinski definition) is 4. The molecular weight excluding hydrogens is 184 g/mol. The lowest BCUT2D eigenvalue weighted by Gasteiger charge is -2.23. The number of carbonyl (C=O) groups excluding carboxylic acids is 1. The van der Waals surface area contributed by atoms with Crippen molar-refractivity contribution in [3.8, 4) is 5.75 Å². The molecule has 2 rings (SSSR count). The molecule has 4 nitrogen and oxygen atoms in total. The van der Waals surface area contributed by atoms with Gasteiger partial charge in [0.2, 0.25) is 0 Å². The molecule has 1 heterocycles. The lowest BCUT2D eigenvalue weighted by atomic mass is 10.1. The smallest absolute Gasteiger partial charge is 0.332 e. The predicted octanol–water partition coefficient (Wildman–Crippen LogP) is 1.01. The van der Waals surface area contributed by atoms with E-state index in [1.54, 1.807) is 24.3 Å². The summed E-state index contributed by atoms with van der Waals surface area (Å²) < 4.78 is 10.0. The number of aromatic hydroxyl groups is 1. The van der Waals surface area contributed by atoms with E-state index in [0.29, 0.717) is 12.2 Å². The molecule has 1 unspecified atom stereocenters. The molecule has 0 saturated carbocycles. The normalized spacial score (nSPS) is 21.7. The van der Waals surface area contributed by atoms with Crippen LogP contribution in [0.15, 0.2) is 24.3 Å². The number of hydrogen-bond donors (Lipinski definition) is 1. The van der Waals surface area contributed by atoms with Gasteiger partial charge in [0.25, 0.3) is 0 Å². The van der Waals surface area contributed by atoms with Crippen molar-refractivity contribution in [2.45, 2.75) is 6.10 Å². The number of cyclic esters (lactones) is 1. The van der Waals surface area contributed by atoms with Gasteiger partial charge in [-0.25, -0.2) is 4.79 Å². The average molecular weight is 194 g/mol. The molecule has 0 bridgehead atoms. The van der Waals surface area contributed by atoms with E-state index in [1.165, 1.54) is 0 Å². The number of benzene rings is 1. The monoisotopic (exact) mass is 194 g/mol. The fourth-order valence-corrected chi connectivity index (χ4v) is 1.39. The van der Waals surface area contributed by atoms with Crippen LogP contribution in [-0.2, 0) is 14.3 Å². The lowest BCUT2D eigenvalue weighted by Crippen LogP contribution is -2.26. The Hall–Kier alpha value is -1.55. The molecule has 1 fully saturated rings. The zero-order valence-corrected chi connectivity index (χ0v) is 7.47. The summed E-state index contributed by atoms with van der Waals surface area (Å²) in [4.78, 5) is 10.9. The van der Waals surface area contributed by atoms with Gasteiger partial charge < -0.3 is 14.6 Å². The highest BCUT2D eigenvalue weighted by molar-refractivity contribution is 5.71. The van der Waals surface area contributed by atoms with Gasteiger partial charge in [-0.15, -0.1) is 0 Å². The summed E-state index contributed by atoms with van der Waals surface area (Å²) in [5.74, 6) is -0.277. The van der Waals surface area contributed by atoms with E-state index in [-0.39, 0.29) is 12.4 Å². The fraction of sp³-hybridized carbons (Fsp3) is 0.300. The molecule has 1 atom stereocenters. The molecule has 74 valence electrons. The second-order valence-electron chi connectivity index (χ2n) is 3.05. The second-order valence-corrected chi connectivity index (χ2v) is 3.05. The molecule has 1 N–H and O–H groups in total. The number of phenols is 1. The maximum atomic E-state index is 10.9. The SMILES string of the molecule is O=C1COCC(c2ccccc2O)O1. The third kappa shape index (κ3) is 1.70. The first-order valence-corrected chi connectivity index (χ1v) is 4.32. The number of esters is 1. The Morgan fingerprint density at radius 2 is 2.14 bits per heavy atom. The Morgan fingerprint density at radius 3 is 2.86 bits per heavy atom. The fourth-order valence-electron chi connectivity index (χ4n) is 1.39. The molecule has 0 aliphatic carbocycles. The van der Waals surface area contributed by atoms with Gasteiger partial charge >= 0.3 is 5.97 Å². The zero-order chi connectivity index (χ0) is 9.97. The molecular formula is C10H10O4. The predicted molar refractivity (Wildman–Crippen MR) is 47.8 cm³/mol. The third-order valence-corrected chi connectivity index (χ3v) is 2.05. The molecule has 0 radical (unpaired) electrons. The van der Waals surface area contributed by atoms with Gasteiger partial charge in [0.15, 0.2) is 6.10 Å². The summed E-state index contributed by atoms with van der Waals surface area (Å²) in [6.45, 7) is 0.285. The van der Waals surface area contributed by atoms with E-state index in [1.807, 2.05) is 0 Å². The topological polar surface area (TPSA) is 55.8 Å². The van der Waals surface area contributed by atoms with Crippen LogP contribution in [0.5, 0.6) is 5.75 Å². The summed E-state index contributed by atoms with van der Waals surface area (Å²) in [6, 6.07) is 6.75. The van der Waals surface area contributed by atoms with Crippen molar-refractivity contribution in [2.75, 3.05) is 13.2 Å². The van der Waals surface area contributed by atoms with Crippen molar-refractivity contribution in [1.29, 1.82) is 0 Å². The van der Waals surface area contributed by atoms with Crippen LogP contribution in [0.3, 0.4) is 0 Å². The van der Waals surface area contributed by atoms with Crippen molar-refractivity contribution in [3.05, 3.63) is 29.8 Å². The van der Waals surface area contributed by atoms with Crippen molar-refractivity contribution in [3.63, 3.8) is 0 Å². The lowest BCUT2D eigenvalue weighted by molar-refractivity contribution is -0.170. The molecule has 1 aromatic rings. The van der Waals surface area contributed by atoms with Crippen molar-refractivity contribution >= 4 is 5.97 Å². The first kappa shape index (κ1) is 9.02. The highest BCUT2D eigenvalue weighted by Gasteiger charge is 2.24. The molecule has 1 aliphatic heterocycles. The number of rotatable bonds is 1. The molecule has 0 aromatic heterocycles. The first-order valence-electron chi connectivity index (χ1n) is 4.32. The third-order valence-electron chi connectivity index (χ3n) is 2.05. The minimum Gasteiger partial charge on any atom is -0.508 e. The van der Waals surface area contributed by atoms with Gasteiger partial charge in [0, 0.05) is 5.56 Å². The summed E-state index contributed by atoms with van der Waals surface area (Å²) in [7, 11) is 0. The Morgan fingerprint density at radius 1 is 1.36 bits per heavy atom. The van der Waals surface area contributed by atoms with Crippen LogP contribution in [0.4, 0.5) is 0 Å². The number of ether oxygens (including phenoxy) is 2. The van der Waals surface area contributed by atoms with Crippen molar-refractivity contribution in [1.82, 2.24) is 0 Å². The van der Waals surface area contributed by atoms with Crippen LogP contribution >= 0.6 is 0 Å². The van der Waals surface area contributed by atoms with E-state index >= 15 is 0 Å². The first-order chi connectivity index (χ1) is 6.77. The molecule has 1 saturated heterocycles. The van der Waals surface area contributed by atoms with E-state index in [9.17, 15) is 9.90 Å². The number of carbonyl (C=O) groups is 1. The zero-order valence-electron chi connectivity index (χ0n) is 7.47. The van der Waals surface area contributed by atoms with E-state index < -0.39 is 12.1 Å². The molecule has 1 aromatic carbocycles. The van der Waals surface area contributed by atoms with Crippen LogP contribution in [0.2, 0.25) is 0 Å². The van der Waals surface area contributed by atoms with Gasteiger partial charge in [-0.05, 0) is 6.07 Å². The highest BCUT2D eigenvalue weighted by Crippen LogP contribution is 2.28. The number of phenolic OH excluding ortho intramolecular Hbond substituents is 1. The standard InChI is InChI=1S/C10H10O4/c11-8-4-2-1-3-7(8)9-5-13-6-10(12)14-9/h1-4,9,11H,5-6H2. The molecule has 0 spiro atoms. The molecule has 14 heavy (non-hydrogen) atoms. The van der Waals surface area contributed by atoms with Crippen LogP contribution < -0.4 is 0 Å². The van der Waals surface area contributed by atoms with E-state index in [4.69, 9.17) is 9.47 Å². The largest absolute Gasteiger partial charge is 0.508 e. The van der Waals surface area contributed by atoms with E-state index in [2.05, 4.69) is 0 Å². The van der Waals surface area contributed by atoms with Crippen molar-refractivity contribution < 1.29 is 19.4 Å². The van der Waals surface area contributed by atoms with Gasteiger partial charge in [0.05, 0.1) is 6.61 Å². The summed E-state index contributed by atoms with van der Waals surface area (Å²) in [5, 5.41) is 9.50. The van der Waals surface area contributed by atoms with Crippen LogP contribution in [0.1, 0.15) is 11.7 Å². The summed E-state index contributed by atoms with van der Waals surface area (Å²) >= 11 is 0. The molecule has 1 aliphatic rings. The van der Waals surface area contributed by atoms with Crippen LogP contribution in [-0.4, -0.2) is 24.3 Å². The maximum Gasteiger partial charge on any atom is 0.332 e. The Bertz CT molecular complexity index is 348. The Labute approximate surface area is 81.1 Å². The Kier molecular flexibility index (Phi) is 2.37. The quantitative estimate of drug-likeness (QED) is 0.678. The molecule has 4 heteroatoms. The maximum absolute atomic E-state index is 10.9. The molecule has 0 amide bonds. The van der Waals surface area contributed by atoms with Gasteiger partial charge in [0.1, 0.15) is 12.4 Å². The highest BCUT2D eigenvalue weighted by atomic mass is 16.6. The average Bonchev–Trinajstić information content (AvgIpc) is 2.18. The van der Waals surface area contributed by atoms with E-state index in [0.717, 1.165) is 0 Å². The Balaban J connectivity index is 2.22. The second kappa shape index (κ2) is 3.67. The van der Waals surface area contributed by atoms with Gasteiger partial charge in [-0.1, -0.05) is 18.2 Å². The minimum atomic E-state index is -0.488. The van der Waals surface area contributed by atoms with Crippen LogP contribution in [0.25, 0.3) is 0 Å². The summed E-state index contributed by atoms with van der Waals surface area (Å²) in [5.41, 5.74) is 0.584. The van der Waals surface area contributed by atoms with Gasteiger partial charge in [-0.2, -0.15) is 0 Å². The van der Waals surface area contributed by atoms with Gasteiger partial charge in [-0.3, -0.25) is 0 Å². The van der Waals surface area contributed by atoms with Crippen molar-refractivity contribution in [2.24, 2.45) is 0 Å². The van der Waals surface area contributed by atoms with Crippen LogP contribution in [0, 0.1) is 0 Å². The number of para-hydroxylation sites is 1. The summed E-state index contributed by atoms with van der Waals surface area (Å²) in [6.07, 6.45) is -0.488. The minimum absolute atomic E-state index is 0.00983.